The van der Waals surface area contributed by atoms with Crippen molar-refractivity contribution in [3.05, 3.63) is 76.8 Å². The third-order valence-corrected chi connectivity index (χ3v) is 7.15. The Kier molecular flexibility index (Phi) is 5.67. The first-order chi connectivity index (χ1) is 16.4. The van der Waals surface area contributed by atoms with Crippen LogP contribution in [0.15, 0.2) is 60.1 Å². The molecule has 1 fully saturated rings. The largest absolute Gasteiger partial charge is 0.365 e. The third kappa shape index (κ3) is 3.97. The van der Waals surface area contributed by atoms with E-state index >= 15 is 0 Å². The lowest BCUT2D eigenvalue weighted by Gasteiger charge is -2.31. The van der Waals surface area contributed by atoms with E-state index in [1.807, 2.05) is 60.2 Å². The molecule has 0 radical (unpaired) electrons. The predicted molar refractivity (Wildman–Crippen MR) is 138 cm³/mol. The highest BCUT2D eigenvalue weighted by atomic mass is 32.1. The van der Waals surface area contributed by atoms with Gasteiger partial charge in [-0.3, -0.25) is 9.59 Å². The summed E-state index contributed by atoms with van der Waals surface area (Å²) in [7, 11) is 1.92. The van der Waals surface area contributed by atoms with Gasteiger partial charge in [0.2, 0.25) is 0 Å². The molecule has 8 heteroatoms. The average Bonchev–Trinajstić information content (AvgIpc) is 3.26. The number of benzene rings is 2. The van der Waals surface area contributed by atoms with Gasteiger partial charge in [0, 0.05) is 43.7 Å². The van der Waals surface area contributed by atoms with Crippen LogP contribution in [0.25, 0.3) is 10.1 Å². The number of carbonyl (C=O) groups excluding carboxylic acids is 2. The summed E-state index contributed by atoms with van der Waals surface area (Å²) in [6.07, 6.45) is 2.56. The maximum Gasteiger partial charge on any atom is 0.254 e. The van der Waals surface area contributed by atoms with Crippen LogP contribution in [-0.4, -0.2) is 41.8 Å². The van der Waals surface area contributed by atoms with Crippen LogP contribution < -0.4 is 16.0 Å². The summed E-state index contributed by atoms with van der Waals surface area (Å²) in [5.41, 5.74) is 10.1. The first-order valence-corrected chi connectivity index (χ1v) is 12.0. The summed E-state index contributed by atoms with van der Waals surface area (Å²) in [6.45, 7) is 3.58. The van der Waals surface area contributed by atoms with Crippen molar-refractivity contribution in [3.63, 3.8) is 0 Å². The number of anilines is 4. The highest BCUT2D eigenvalue weighted by Crippen LogP contribution is 2.36. The fourth-order valence-corrected chi connectivity index (χ4v) is 5.12. The first kappa shape index (κ1) is 21.9. The van der Waals surface area contributed by atoms with Crippen LogP contribution in [0.1, 0.15) is 32.7 Å². The minimum absolute atomic E-state index is 0.0749. The van der Waals surface area contributed by atoms with Crippen molar-refractivity contribution < 1.29 is 9.59 Å². The lowest BCUT2D eigenvalue weighted by atomic mass is 10.0. The molecular weight excluding hydrogens is 446 g/mol. The van der Waals surface area contributed by atoms with E-state index in [1.165, 1.54) is 6.20 Å². The molecule has 0 aliphatic carbocycles. The summed E-state index contributed by atoms with van der Waals surface area (Å²) in [5.74, 6) is 0.112. The van der Waals surface area contributed by atoms with E-state index in [4.69, 9.17) is 5.73 Å². The van der Waals surface area contributed by atoms with E-state index in [0.29, 0.717) is 22.6 Å². The number of nitrogens with one attached hydrogen (secondary N) is 1. The highest BCUT2D eigenvalue weighted by molar-refractivity contribution is 7.17. The number of primary amides is 1. The molecule has 0 atom stereocenters. The maximum atomic E-state index is 12.6. The number of hydrogen-bond donors (Lipinski definition) is 2. The van der Waals surface area contributed by atoms with Gasteiger partial charge in [0.15, 0.2) is 0 Å². The number of rotatable bonds is 6. The fourth-order valence-electron chi connectivity index (χ4n) is 4.17. The van der Waals surface area contributed by atoms with E-state index in [9.17, 15) is 9.59 Å². The molecule has 0 unspecified atom stereocenters. The standard InChI is InChI=1S/C26H25N5O2S/c1-16-13-18(7-8-19(16)26(33)31-10-4-11-31)29-23-14-22(20(15-28-23)25(27)32)30(2)21-6-3-5-17-9-12-34-24(17)21/h3,5-9,12-15H,4,10-11H2,1-2H3,(H2,27,32)(H,28,29). The van der Waals surface area contributed by atoms with Gasteiger partial charge in [-0.15, -0.1) is 11.3 Å². The van der Waals surface area contributed by atoms with Gasteiger partial charge in [0.1, 0.15) is 5.82 Å². The van der Waals surface area contributed by atoms with Crippen LogP contribution in [0.2, 0.25) is 0 Å². The van der Waals surface area contributed by atoms with Gasteiger partial charge >= 0.3 is 0 Å². The van der Waals surface area contributed by atoms with E-state index in [1.54, 1.807) is 11.3 Å². The first-order valence-electron chi connectivity index (χ1n) is 11.1. The Morgan fingerprint density at radius 1 is 1.09 bits per heavy atom. The molecule has 0 saturated carbocycles. The van der Waals surface area contributed by atoms with Crippen molar-refractivity contribution >= 4 is 56.1 Å². The fraction of sp³-hybridized carbons (Fsp3) is 0.192. The van der Waals surface area contributed by atoms with Crippen LogP contribution >= 0.6 is 11.3 Å². The zero-order chi connectivity index (χ0) is 23.8. The van der Waals surface area contributed by atoms with Crippen molar-refractivity contribution in [1.29, 1.82) is 0 Å². The Morgan fingerprint density at radius 2 is 1.91 bits per heavy atom. The summed E-state index contributed by atoms with van der Waals surface area (Å²) in [6, 6.07) is 15.6. The van der Waals surface area contributed by atoms with E-state index in [2.05, 4.69) is 27.8 Å². The highest BCUT2D eigenvalue weighted by Gasteiger charge is 2.23. The van der Waals surface area contributed by atoms with Gasteiger partial charge in [0.25, 0.3) is 11.8 Å². The second-order valence-electron chi connectivity index (χ2n) is 8.43. The van der Waals surface area contributed by atoms with Crippen LogP contribution in [0.5, 0.6) is 0 Å². The smallest absolute Gasteiger partial charge is 0.254 e. The second kappa shape index (κ2) is 8.79. The molecule has 2 amide bonds. The van der Waals surface area contributed by atoms with Crippen LogP contribution in [0.3, 0.4) is 0 Å². The lowest BCUT2D eigenvalue weighted by Crippen LogP contribution is -2.42. The van der Waals surface area contributed by atoms with Gasteiger partial charge in [0.05, 0.1) is 21.6 Å². The molecule has 2 aromatic carbocycles. The summed E-state index contributed by atoms with van der Waals surface area (Å²) in [4.78, 5) is 33.0. The van der Waals surface area contributed by atoms with Gasteiger partial charge in [-0.1, -0.05) is 12.1 Å². The number of hydrogen-bond acceptors (Lipinski definition) is 6. The van der Waals surface area contributed by atoms with Gasteiger partial charge in [-0.25, -0.2) is 4.98 Å². The molecule has 172 valence electrons. The van der Waals surface area contributed by atoms with E-state index < -0.39 is 5.91 Å². The van der Waals surface area contributed by atoms with Crippen molar-refractivity contribution in [2.45, 2.75) is 13.3 Å². The Bertz CT molecular complexity index is 1410. The van der Waals surface area contributed by atoms with Crippen LogP contribution in [0.4, 0.5) is 22.9 Å². The minimum Gasteiger partial charge on any atom is -0.365 e. The van der Waals surface area contributed by atoms with Gasteiger partial charge in [-0.2, -0.15) is 0 Å². The Morgan fingerprint density at radius 3 is 2.62 bits per heavy atom. The molecule has 7 nitrogen and oxygen atoms in total. The summed E-state index contributed by atoms with van der Waals surface area (Å²) >= 11 is 1.65. The van der Waals surface area contributed by atoms with Crippen molar-refractivity contribution in [3.8, 4) is 0 Å². The minimum atomic E-state index is -0.538. The van der Waals surface area contributed by atoms with E-state index in [0.717, 1.165) is 46.5 Å². The number of nitrogens with zero attached hydrogens (tertiary/aromatic N) is 3. The average molecular weight is 472 g/mol. The zero-order valence-corrected chi connectivity index (χ0v) is 19.9. The molecule has 1 saturated heterocycles. The Balaban J connectivity index is 1.46. The SMILES string of the molecule is Cc1cc(Nc2cc(N(C)c3cccc4ccsc34)c(C(N)=O)cn2)ccc1C(=O)N1CCC1. The molecular formula is C26H25N5O2S. The van der Waals surface area contributed by atoms with Gasteiger partial charge < -0.3 is 20.9 Å². The number of aromatic nitrogens is 1. The topological polar surface area (TPSA) is 91.6 Å². The number of likely N-dealkylation sites (tertiary alicyclic amines) is 1. The molecule has 1 aliphatic heterocycles. The van der Waals surface area contributed by atoms with Crippen molar-refractivity contribution in [1.82, 2.24) is 9.88 Å². The second-order valence-corrected chi connectivity index (χ2v) is 9.34. The molecule has 4 aromatic rings. The molecule has 2 aromatic heterocycles. The normalized spacial score (nSPS) is 12.9. The molecule has 3 heterocycles. The van der Waals surface area contributed by atoms with Crippen molar-refractivity contribution in [2.75, 3.05) is 30.4 Å². The summed E-state index contributed by atoms with van der Waals surface area (Å²) in [5, 5.41) is 6.50. The van der Waals surface area contributed by atoms with Crippen LogP contribution in [0, 0.1) is 6.92 Å². The van der Waals surface area contributed by atoms with E-state index in [-0.39, 0.29) is 5.91 Å². The summed E-state index contributed by atoms with van der Waals surface area (Å²) < 4.78 is 1.13. The number of aryl methyl sites for hydroxylation is 1. The Hall–Kier alpha value is -3.91. The predicted octanol–water partition coefficient (Wildman–Crippen LogP) is 5.06. The Labute approximate surface area is 201 Å². The number of carbonyl (C=O) groups is 2. The maximum absolute atomic E-state index is 12.6. The van der Waals surface area contributed by atoms with Crippen LogP contribution in [-0.2, 0) is 0 Å². The number of thiophene rings is 1. The molecule has 1 aliphatic rings. The van der Waals surface area contributed by atoms with Gasteiger partial charge in [-0.05, 0) is 60.0 Å². The zero-order valence-electron chi connectivity index (χ0n) is 19.0. The molecule has 0 spiro atoms. The quantitative estimate of drug-likeness (QED) is 0.410. The third-order valence-electron chi connectivity index (χ3n) is 6.20. The number of pyridine rings is 1. The van der Waals surface area contributed by atoms with Crippen molar-refractivity contribution in [2.24, 2.45) is 5.73 Å². The molecule has 5 rings (SSSR count). The molecule has 34 heavy (non-hydrogen) atoms. The molecule has 0 bridgehead atoms. The number of fused-ring (bicyclic) bond motifs is 1. The molecule has 3 N–H and O–H groups in total. The lowest BCUT2D eigenvalue weighted by molar-refractivity contribution is 0.0651. The monoisotopic (exact) mass is 471 g/mol. The number of nitrogens with two attached hydrogens (primary N) is 1. The number of amides is 2.